The van der Waals surface area contributed by atoms with Crippen LogP contribution < -0.4 is 15.4 Å². The van der Waals surface area contributed by atoms with Crippen LogP contribution in [0.2, 0.25) is 0 Å². The van der Waals surface area contributed by atoms with Crippen LogP contribution in [0.15, 0.2) is 18.2 Å². The van der Waals surface area contributed by atoms with Crippen LogP contribution in [0.3, 0.4) is 0 Å². The molecule has 0 amide bonds. The van der Waals surface area contributed by atoms with Gasteiger partial charge >= 0.3 is 0 Å². The molecule has 0 aliphatic heterocycles. The Morgan fingerprint density at radius 3 is 2.73 bits per heavy atom. The van der Waals surface area contributed by atoms with Gasteiger partial charge < -0.3 is 15.4 Å². The van der Waals surface area contributed by atoms with E-state index in [4.69, 9.17) is 17.0 Å². The highest BCUT2D eigenvalue weighted by atomic mass is 32.1. The van der Waals surface area contributed by atoms with Crippen molar-refractivity contribution in [1.82, 2.24) is 10.6 Å². The van der Waals surface area contributed by atoms with Gasteiger partial charge in [-0.1, -0.05) is 25.8 Å². The van der Waals surface area contributed by atoms with Crippen molar-refractivity contribution in [1.29, 1.82) is 0 Å². The standard InChI is InChI=1S/C17H25FN2OS/c1-11-6-4-5-7-15(11)20-17(22)19-12(2)13-8-9-16(21-3)14(18)10-13/h8-12,15H,4-7H2,1-3H3,(H2,19,20,22)/t11-,12-,15-/m0/s1. The molecule has 0 spiro atoms. The summed E-state index contributed by atoms with van der Waals surface area (Å²) in [5.74, 6) is 0.545. The Balaban J connectivity index is 1.91. The summed E-state index contributed by atoms with van der Waals surface area (Å²) in [4.78, 5) is 0. The maximum absolute atomic E-state index is 13.8. The maximum atomic E-state index is 13.8. The molecule has 2 rings (SSSR count). The first-order chi connectivity index (χ1) is 10.5. The lowest BCUT2D eigenvalue weighted by Crippen LogP contribution is -2.46. The highest BCUT2D eigenvalue weighted by Gasteiger charge is 2.22. The number of ether oxygens (including phenoxy) is 1. The molecule has 3 atom stereocenters. The fourth-order valence-corrected chi connectivity index (χ4v) is 3.30. The molecule has 1 fully saturated rings. The first-order valence-corrected chi connectivity index (χ1v) is 8.32. The predicted molar refractivity (Wildman–Crippen MR) is 91.7 cm³/mol. The molecular weight excluding hydrogens is 299 g/mol. The van der Waals surface area contributed by atoms with Gasteiger partial charge in [-0.15, -0.1) is 0 Å². The minimum atomic E-state index is -0.353. The zero-order chi connectivity index (χ0) is 16.1. The number of methoxy groups -OCH3 is 1. The lowest BCUT2D eigenvalue weighted by molar-refractivity contribution is 0.307. The molecule has 0 heterocycles. The van der Waals surface area contributed by atoms with Crippen molar-refractivity contribution in [3.63, 3.8) is 0 Å². The highest BCUT2D eigenvalue weighted by molar-refractivity contribution is 7.80. The molecule has 1 aliphatic carbocycles. The van der Waals surface area contributed by atoms with Crippen LogP contribution in [0.1, 0.15) is 51.1 Å². The number of hydrogen-bond acceptors (Lipinski definition) is 2. The van der Waals surface area contributed by atoms with Crippen LogP contribution >= 0.6 is 12.2 Å². The van der Waals surface area contributed by atoms with E-state index in [0.29, 0.717) is 17.1 Å². The van der Waals surface area contributed by atoms with Crippen LogP contribution in [-0.4, -0.2) is 18.3 Å². The Morgan fingerprint density at radius 2 is 2.09 bits per heavy atom. The first-order valence-electron chi connectivity index (χ1n) is 7.91. The van der Waals surface area contributed by atoms with Crippen molar-refractivity contribution in [2.24, 2.45) is 5.92 Å². The van der Waals surface area contributed by atoms with Gasteiger partial charge in [0.2, 0.25) is 0 Å². The lowest BCUT2D eigenvalue weighted by atomic mass is 9.86. The number of hydrogen-bond donors (Lipinski definition) is 2. The van der Waals surface area contributed by atoms with Gasteiger partial charge in [-0.25, -0.2) is 4.39 Å². The second kappa shape index (κ2) is 7.77. The Bertz CT molecular complexity index is 523. The van der Waals surface area contributed by atoms with Gasteiger partial charge in [-0.05, 0) is 55.6 Å². The van der Waals surface area contributed by atoms with E-state index in [1.165, 1.54) is 32.4 Å². The van der Waals surface area contributed by atoms with Crippen molar-refractivity contribution < 1.29 is 9.13 Å². The topological polar surface area (TPSA) is 33.3 Å². The van der Waals surface area contributed by atoms with Crippen LogP contribution in [-0.2, 0) is 0 Å². The van der Waals surface area contributed by atoms with Crippen LogP contribution in [0.4, 0.5) is 4.39 Å². The summed E-state index contributed by atoms with van der Waals surface area (Å²) in [5, 5.41) is 7.29. The molecule has 122 valence electrons. The minimum Gasteiger partial charge on any atom is -0.494 e. The van der Waals surface area contributed by atoms with Crippen molar-refractivity contribution in [2.45, 2.75) is 51.6 Å². The summed E-state index contributed by atoms with van der Waals surface area (Å²) in [6.45, 7) is 4.24. The van der Waals surface area contributed by atoms with Crippen molar-refractivity contribution >= 4 is 17.3 Å². The van der Waals surface area contributed by atoms with E-state index >= 15 is 0 Å². The minimum absolute atomic E-state index is 0.0562. The molecule has 1 saturated carbocycles. The number of nitrogens with one attached hydrogen (secondary N) is 2. The summed E-state index contributed by atoms with van der Waals surface area (Å²) in [5.41, 5.74) is 0.846. The molecule has 0 bridgehead atoms. The van der Waals surface area contributed by atoms with E-state index in [0.717, 1.165) is 12.0 Å². The van der Waals surface area contributed by atoms with Crippen molar-refractivity contribution in [3.8, 4) is 5.75 Å². The third-order valence-electron chi connectivity index (χ3n) is 4.45. The molecule has 22 heavy (non-hydrogen) atoms. The second-order valence-corrected chi connectivity index (χ2v) is 6.51. The van der Waals surface area contributed by atoms with E-state index in [9.17, 15) is 4.39 Å². The summed E-state index contributed by atoms with van der Waals surface area (Å²) >= 11 is 5.40. The van der Waals surface area contributed by atoms with Gasteiger partial charge in [0, 0.05) is 6.04 Å². The molecule has 2 N–H and O–H groups in total. The van der Waals surface area contributed by atoms with Gasteiger partial charge in [0.1, 0.15) is 0 Å². The normalized spacial score (nSPS) is 22.7. The molecule has 0 aromatic heterocycles. The summed E-state index contributed by atoms with van der Waals surface area (Å²) in [6, 6.07) is 5.36. The van der Waals surface area contributed by atoms with Gasteiger partial charge in [-0.3, -0.25) is 0 Å². The smallest absolute Gasteiger partial charge is 0.166 e. The maximum Gasteiger partial charge on any atom is 0.166 e. The molecule has 5 heteroatoms. The fourth-order valence-electron chi connectivity index (χ4n) is 2.97. The Morgan fingerprint density at radius 1 is 1.36 bits per heavy atom. The number of benzene rings is 1. The Labute approximate surface area is 137 Å². The zero-order valence-corrected chi connectivity index (χ0v) is 14.3. The lowest BCUT2D eigenvalue weighted by Gasteiger charge is -2.31. The van der Waals surface area contributed by atoms with Crippen molar-refractivity contribution in [2.75, 3.05) is 7.11 Å². The van der Waals surface area contributed by atoms with E-state index in [-0.39, 0.29) is 17.6 Å². The number of rotatable bonds is 4. The predicted octanol–water partition coefficient (Wildman–Crippen LogP) is 3.94. The van der Waals surface area contributed by atoms with Gasteiger partial charge in [0.05, 0.1) is 13.2 Å². The monoisotopic (exact) mass is 324 g/mol. The largest absolute Gasteiger partial charge is 0.494 e. The van der Waals surface area contributed by atoms with Gasteiger partial charge in [-0.2, -0.15) is 0 Å². The highest BCUT2D eigenvalue weighted by Crippen LogP contribution is 2.24. The molecule has 0 unspecified atom stereocenters. The molecule has 0 saturated heterocycles. The molecule has 1 aromatic carbocycles. The SMILES string of the molecule is COc1ccc([C@H](C)NC(=S)N[C@H]2CCCC[C@@H]2C)cc1F. The van der Waals surface area contributed by atoms with Gasteiger partial charge in [0.25, 0.3) is 0 Å². The zero-order valence-electron chi connectivity index (χ0n) is 13.5. The van der Waals surface area contributed by atoms with Crippen molar-refractivity contribution in [3.05, 3.63) is 29.6 Å². The second-order valence-electron chi connectivity index (χ2n) is 6.10. The number of halogens is 1. The average Bonchev–Trinajstić information content (AvgIpc) is 2.49. The van der Waals surface area contributed by atoms with Crippen LogP contribution in [0, 0.1) is 11.7 Å². The van der Waals surface area contributed by atoms with E-state index in [2.05, 4.69) is 17.6 Å². The average molecular weight is 324 g/mol. The molecular formula is C17H25FN2OS. The van der Waals surface area contributed by atoms with Crippen LogP contribution in [0.25, 0.3) is 0 Å². The molecule has 1 aromatic rings. The van der Waals surface area contributed by atoms with Gasteiger partial charge in [0.15, 0.2) is 16.7 Å². The number of thiocarbonyl (C=S) groups is 1. The summed E-state index contributed by atoms with van der Waals surface area (Å²) in [6.07, 6.45) is 4.97. The first kappa shape index (κ1) is 17.0. The molecule has 1 aliphatic rings. The molecule has 3 nitrogen and oxygen atoms in total. The Hall–Kier alpha value is -1.36. The van der Waals surface area contributed by atoms with Crippen LogP contribution in [0.5, 0.6) is 5.75 Å². The fraction of sp³-hybridized carbons (Fsp3) is 0.588. The summed E-state index contributed by atoms with van der Waals surface area (Å²) < 4.78 is 18.7. The third-order valence-corrected chi connectivity index (χ3v) is 4.69. The Kier molecular flexibility index (Phi) is 6.00. The van der Waals surface area contributed by atoms with E-state index in [1.54, 1.807) is 6.07 Å². The van der Waals surface area contributed by atoms with E-state index < -0.39 is 0 Å². The summed E-state index contributed by atoms with van der Waals surface area (Å²) in [7, 11) is 1.46. The third kappa shape index (κ3) is 4.32. The molecule has 0 radical (unpaired) electrons. The quantitative estimate of drug-likeness (QED) is 0.822. The van der Waals surface area contributed by atoms with E-state index in [1.807, 2.05) is 13.0 Å².